The van der Waals surface area contributed by atoms with Gasteiger partial charge in [-0.25, -0.2) is 0 Å². The first-order valence-corrected chi connectivity index (χ1v) is 11.1. The molecule has 0 radical (unpaired) electrons. The Kier molecular flexibility index (Phi) is 4.12. The van der Waals surface area contributed by atoms with Gasteiger partial charge in [0.25, 0.3) is 0 Å². The lowest BCUT2D eigenvalue weighted by Crippen LogP contribution is -2.48. The predicted octanol–water partition coefficient (Wildman–Crippen LogP) is 4.59. The van der Waals surface area contributed by atoms with Crippen LogP contribution in [0, 0.1) is 5.92 Å². The van der Waals surface area contributed by atoms with Gasteiger partial charge < -0.3 is 9.53 Å². The minimum atomic E-state index is -1.79. The van der Waals surface area contributed by atoms with Gasteiger partial charge in [-0.3, -0.25) is 0 Å². The van der Waals surface area contributed by atoms with Gasteiger partial charge in [0, 0.05) is 10.4 Å². The average Bonchev–Trinajstić information content (AvgIpc) is 2.49. The van der Waals surface area contributed by atoms with Crippen molar-refractivity contribution in [3.63, 3.8) is 0 Å². The van der Waals surface area contributed by atoms with Crippen LogP contribution in [0.25, 0.3) is 0 Å². The van der Waals surface area contributed by atoms with E-state index >= 15 is 0 Å². The van der Waals surface area contributed by atoms with Crippen LogP contribution in [0.15, 0.2) is 10.6 Å². The van der Waals surface area contributed by atoms with Gasteiger partial charge in [-0.05, 0) is 37.0 Å². The van der Waals surface area contributed by atoms with Gasteiger partial charge >= 0.3 is 0 Å². The molecule has 0 aliphatic heterocycles. The molecule has 2 nitrogen and oxygen atoms in total. The van der Waals surface area contributed by atoms with E-state index in [1.165, 1.54) is 6.42 Å². The molecule has 2 aliphatic rings. The van der Waals surface area contributed by atoms with E-state index in [1.807, 2.05) is 0 Å². The molecule has 0 spiro atoms. The van der Waals surface area contributed by atoms with Crippen LogP contribution in [0.4, 0.5) is 0 Å². The molecule has 2 rings (SSSR count). The predicted molar refractivity (Wildman–Crippen MR) is 86.0 cm³/mol. The maximum Gasteiger partial charge on any atom is 0.192 e. The summed E-state index contributed by atoms with van der Waals surface area (Å²) >= 11 is 3.58. The molecule has 1 fully saturated rings. The summed E-state index contributed by atoms with van der Waals surface area (Å²) in [5.41, 5.74) is -0.661. The second-order valence-corrected chi connectivity index (χ2v) is 13.2. The van der Waals surface area contributed by atoms with Crippen LogP contribution in [0.1, 0.15) is 46.5 Å². The van der Waals surface area contributed by atoms with Crippen LogP contribution < -0.4 is 0 Å². The molecule has 1 saturated carbocycles. The van der Waals surface area contributed by atoms with E-state index in [2.05, 4.69) is 55.9 Å². The Morgan fingerprint density at radius 2 is 2.00 bits per heavy atom. The molecule has 0 amide bonds. The average molecular weight is 347 g/mol. The third-order valence-corrected chi connectivity index (χ3v) is 10.7. The van der Waals surface area contributed by atoms with E-state index in [4.69, 9.17) is 4.43 Å². The lowest BCUT2D eigenvalue weighted by Gasteiger charge is -2.43. The summed E-state index contributed by atoms with van der Waals surface area (Å²) < 4.78 is 7.49. The van der Waals surface area contributed by atoms with Gasteiger partial charge in [0.05, 0.1) is 6.10 Å². The second kappa shape index (κ2) is 4.97. The van der Waals surface area contributed by atoms with Crippen LogP contribution in [0.2, 0.25) is 18.1 Å². The Bertz CT molecular complexity index is 386. The van der Waals surface area contributed by atoms with Crippen molar-refractivity contribution in [1.29, 1.82) is 0 Å². The molecule has 2 aliphatic carbocycles. The van der Waals surface area contributed by atoms with E-state index in [-0.39, 0.29) is 17.1 Å². The molecule has 3 unspecified atom stereocenters. The van der Waals surface area contributed by atoms with Gasteiger partial charge in [-0.1, -0.05) is 49.5 Å². The monoisotopic (exact) mass is 346 g/mol. The summed E-state index contributed by atoms with van der Waals surface area (Å²) in [5, 5.41) is 11.1. The largest absolute Gasteiger partial charge is 0.410 e. The topological polar surface area (TPSA) is 29.5 Å². The smallest absolute Gasteiger partial charge is 0.192 e. The van der Waals surface area contributed by atoms with E-state index in [1.54, 1.807) is 0 Å². The normalized spacial score (nSPS) is 36.1. The fourth-order valence-electron chi connectivity index (χ4n) is 2.95. The Hall–Kier alpha value is 0.357. The van der Waals surface area contributed by atoms with Crippen LogP contribution in [0.3, 0.4) is 0 Å². The number of aliphatic hydroxyl groups is 1. The SMILES string of the molecule is CC(C)(C)[Si](C)(C)OC1C=C(Br)C2(O)CCCCC12. The molecule has 3 atom stereocenters. The van der Waals surface area contributed by atoms with Crippen molar-refractivity contribution in [2.45, 2.75) is 76.3 Å². The summed E-state index contributed by atoms with van der Waals surface area (Å²) in [7, 11) is -1.79. The first kappa shape index (κ1) is 15.7. The highest BCUT2D eigenvalue weighted by Gasteiger charge is 2.52. The highest BCUT2D eigenvalue weighted by Crippen LogP contribution is 2.50. The number of hydrogen-bond donors (Lipinski definition) is 1. The molecule has 0 heterocycles. The zero-order valence-corrected chi connectivity index (χ0v) is 15.4. The van der Waals surface area contributed by atoms with Crippen LogP contribution >= 0.6 is 15.9 Å². The van der Waals surface area contributed by atoms with Crippen molar-refractivity contribution < 1.29 is 9.53 Å². The summed E-state index contributed by atoms with van der Waals surface area (Å²) in [6, 6.07) is 0. The lowest BCUT2D eigenvalue weighted by molar-refractivity contribution is -0.0322. The second-order valence-electron chi connectivity index (χ2n) is 7.63. The zero-order chi connectivity index (χ0) is 14.5. The lowest BCUT2D eigenvalue weighted by atomic mass is 9.77. The molecule has 0 saturated heterocycles. The first-order valence-electron chi connectivity index (χ1n) is 7.36. The maximum absolute atomic E-state index is 10.9. The van der Waals surface area contributed by atoms with E-state index < -0.39 is 13.9 Å². The van der Waals surface area contributed by atoms with Crippen molar-refractivity contribution in [2.75, 3.05) is 0 Å². The highest BCUT2D eigenvalue weighted by atomic mass is 79.9. The number of rotatable bonds is 2. The van der Waals surface area contributed by atoms with E-state index in [9.17, 15) is 5.11 Å². The van der Waals surface area contributed by atoms with E-state index in [0.717, 1.165) is 23.7 Å². The van der Waals surface area contributed by atoms with E-state index in [0.29, 0.717) is 0 Å². The maximum atomic E-state index is 10.9. The van der Waals surface area contributed by atoms with Gasteiger partial charge in [-0.2, -0.15) is 0 Å². The molecule has 110 valence electrons. The number of halogens is 1. The summed E-state index contributed by atoms with van der Waals surface area (Å²) in [5.74, 6) is 0.241. The molecule has 4 heteroatoms. The Morgan fingerprint density at radius 3 is 2.58 bits per heavy atom. The Labute approximate surface area is 126 Å². The number of fused-ring (bicyclic) bond motifs is 1. The van der Waals surface area contributed by atoms with Gasteiger partial charge in [0.2, 0.25) is 0 Å². The zero-order valence-electron chi connectivity index (χ0n) is 12.8. The molecule has 19 heavy (non-hydrogen) atoms. The van der Waals surface area contributed by atoms with Crippen molar-refractivity contribution in [3.05, 3.63) is 10.6 Å². The standard InChI is InChI=1S/C15H27BrO2Si/c1-14(2,3)19(4,5)18-12-10-13(16)15(17)9-7-6-8-11(12)15/h10-12,17H,6-9H2,1-5H3. The van der Waals surface area contributed by atoms with Crippen molar-refractivity contribution in [2.24, 2.45) is 5.92 Å². The van der Waals surface area contributed by atoms with Crippen molar-refractivity contribution in [1.82, 2.24) is 0 Å². The molecule has 0 aromatic carbocycles. The fourth-order valence-corrected chi connectivity index (χ4v) is 4.97. The minimum absolute atomic E-state index is 0.0839. The molecular formula is C15H27BrO2Si. The molecule has 0 aromatic rings. The fraction of sp³-hybridized carbons (Fsp3) is 0.867. The van der Waals surface area contributed by atoms with Crippen LogP contribution in [-0.2, 0) is 4.43 Å². The first-order chi connectivity index (χ1) is 8.58. The van der Waals surface area contributed by atoms with Crippen molar-refractivity contribution >= 4 is 24.2 Å². The molecule has 1 N–H and O–H groups in total. The third-order valence-electron chi connectivity index (χ3n) is 5.29. The highest BCUT2D eigenvalue weighted by molar-refractivity contribution is 9.11. The van der Waals surface area contributed by atoms with Crippen LogP contribution in [-0.4, -0.2) is 25.1 Å². The Balaban J connectivity index is 2.19. The van der Waals surface area contributed by atoms with Crippen LogP contribution in [0.5, 0.6) is 0 Å². The van der Waals surface area contributed by atoms with Crippen molar-refractivity contribution in [3.8, 4) is 0 Å². The quantitative estimate of drug-likeness (QED) is 0.741. The third kappa shape index (κ3) is 2.74. The van der Waals surface area contributed by atoms with Gasteiger partial charge in [0.1, 0.15) is 5.60 Å². The summed E-state index contributed by atoms with van der Waals surface area (Å²) in [6.45, 7) is 11.4. The summed E-state index contributed by atoms with van der Waals surface area (Å²) in [6.07, 6.45) is 6.46. The van der Waals surface area contributed by atoms with Gasteiger partial charge in [-0.15, -0.1) is 0 Å². The molecule has 0 bridgehead atoms. The number of hydrogen-bond acceptors (Lipinski definition) is 2. The Morgan fingerprint density at radius 1 is 1.37 bits per heavy atom. The van der Waals surface area contributed by atoms with Gasteiger partial charge in [0.15, 0.2) is 8.32 Å². The summed E-state index contributed by atoms with van der Waals surface area (Å²) in [4.78, 5) is 0. The minimum Gasteiger partial charge on any atom is -0.410 e. The molecule has 0 aromatic heterocycles. The molecular weight excluding hydrogens is 320 g/mol.